The maximum Gasteiger partial charge on any atom is 0.185 e. The summed E-state index contributed by atoms with van der Waals surface area (Å²) in [6, 6.07) is 19.6. The molecule has 0 saturated heterocycles. The van der Waals surface area contributed by atoms with E-state index in [1.807, 2.05) is 0 Å². The number of rotatable bonds is 3. The van der Waals surface area contributed by atoms with Crippen molar-refractivity contribution in [3.05, 3.63) is 83.8 Å². The average Bonchev–Trinajstić information content (AvgIpc) is 2.95. The van der Waals surface area contributed by atoms with E-state index in [9.17, 15) is 4.79 Å². The highest BCUT2D eigenvalue weighted by Crippen LogP contribution is 2.66. The lowest BCUT2D eigenvalue weighted by atomic mass is 9.75. The van der Waals surface area contributed by atoms with E-state index in [0.29, 0.717) is 11.5 Å². The first-order valence-electron chi connectivity index (χ1n) is 8.19. The van der Waals surface area contributed by atoms with E-state index in [2.05, 4.69) is 54.6 Å². The molecule has 0 amide bonds. The standard InChI is InChI=1S/C21H22BO3P/c1-24-19-12-15(23)13-20(25-2)21(19)14-26(22,16-8-4-3-5-9-16)18-11-7-6-10-17(18)21/h3-13H,14H2,1-2,22H3. The third kappa shape index (κ3) is 2.22. The van der Waals surface area contributed by atoms with Crippen molar-refractivity contribution in [2.75, 3.05) is 20.4 Å². The van der Waals surface area contributed by atoms with Crippen LogP contribution in [0.25, 0.3) is 0 Å². The van der Waals surface area contributed by atoms with Gasteiger partial charge in [-0.15, -0.1) is 0 Å². The summed E-state index contributed by atoms with van der Waals surface area (Å²) in [6.07, 6.45) is 4.25. The number of ether oxygens (including phenoxy) is 2. The molecule has 2 aromatic rings. The van der Waals surface area contributed by atoms with Crippen LogP contribution in [-0.4, -0.2) is 33.7 Å². The molecule has 1 atom stereocenters. The van der Waals surface area contributed by atoms with Crippen molar-refractivity contribution in [3.8, 4) is 0 Å². The van der Waals surface area contributed by atoms with Crippen LogP contribution in [0.1, 0.15) is 5.56 Å². The van der Waals surface area contributed by atoms with Crippen LogP contribution in [0.4, 0.5) is 0 Å². The van der Waals surface area contributed by atoms with Crippen LogP contribution in [0.5, 0.6) is 0 Å². The van der Waals surface area contributed by atoms with Gasteiger partial charge in [0.15, 0.2) is 5.78 Å². The Bertz CT molecular complexity index is 911. The zero-order chi connectivity index (χ0) is 18.4. The van der Waals surface area contributed by atoms with E-state index < -0.39 is 12.6 Å². The van der Waals surface area contributed by atoms with Gasteiger partial charge in [-0.05, 0) is 18.2 Å². The quantitative estimate of drug-likeness (QED) is 0.616. The summed E-state index contributed by atoms with van der Waals surface area (Å²) in [4.78, 5) is 12.2. The summed E-state index contributed by atoms with van der Waals surface area (Å²) in [5.74, 6) is 1.36. The van der Waals surface area contributed by atoms with E-state index in [0.717, 1.165) is 6.16 Å². The van der Waals surface area contributed by atoms with E-state index in [4.69, 9.17) is 9.47 Å². The fraction of sp³-hybridized carbons (Fsp3) is 0.190. The number of fused-ring (bicyclic) bond motifs is 2. The fourth-order valence-electron chi connectivity index (χ4n) is 3.87. The zero-order valence-electron chi connectivity index (χ0n) is 14.2. The van der Waals surface area contributed by atoms with Crippen LogP contribution in [0.2, 0.25) is 0 Å². The first-order chi connectivity index (χ1) is 12.6. The van der Waals surface area contributed by atoms with Gasteiger partial charge in [0.2, 0.25) is 0 Å². The Labute approximate surface area is 155 Å². The van der Waals surface area contributed by atoms with Gasteiger partial charge in [0.25, 0.3) is 0 Å². The summed E-state index contributed by atoms with van der Waals surface area (Å²) < 4.78 is 11.6. The van der Waals surface area contributed by atoms with Gasteiger partial charge >= 0.3 is 0 Å². The largest absolute Gasteiger partial charge is 0.499 e. The molecule has 1 unspecified atom stereocenters. The number of carbonyl (C=O) groups is 1. The van der Waals surface area contributed by atoms with Crippen LogP contribution < -0.4 is 10.6 Å². The molecule has 2 aromatic carbocycles. The monoisotopic (exact) mass is 364 g/mol. The molecule has 0 N–H and O–H groups in total. The maximum absolute atomic E-state index is 12.2. The summed E-state index contributed by atoms with van der Waals surface area (Å²) in [6.45, 7) is 0. The van der Waals surface area contributed by atoms with Crippen molar-refractivity contribution in [1.29, 1.82) is 0 Å². The number of allylic oxidation sites excluding steroid dienone is 2. The van der Waals surface area contributed by atoms with Crippen LogP contribution in [-0.2, 0) is 19.7 Å². The van der Waals surface area contributed by atoms with E-state index in [1.54, 1.807) is 26.4 Å². The van der Waals surface area contributed by atoms with Gasteiger partial charge < -0.3 is 9.47 Å². The molecule has 1 aliphatic heterocycles. The minimum absolute atomic E-state index is 0.0114. The number of carbonyl (C=O) groups excluding carboxylic acids is 1. The zero-order valence-corrected chi connectivity index (χ0v) is 15.1. The lowest BCUT2D eigenvalue weighted by Gasteiger charge is -2.35. The molecule has 0 aromatic heterocycles. The molecule has 0 fully saturated rings. The Morgan fingerprint density at radius 3 is 2.12 bits per heavy atom. The molecule has 1 heterocycles. The van der Waals surface area contributed by atoms with Crippen LogP contribution >= 0.6 is 7.14 Å². The third-order valence-electron chi connectivity index (χ3n) is 4.95. The van der Waals surface area contributed by atoms with Crippen molar-refractivity contribution < 1.29 is 14.3 Å². The topological polar surface area (TPSA) is 35.5 Å². The third-order valence-corrected chi connectivity index (χ3v) is 7.63. The van der Waals surface area contributed by atoms with Crippen LogP contribution in [0, 0.1) is 0 Å². The fourth-order valence-corrected chi connectivity index (χ4v) is 6.81. The number of hydrogen-bond donors (Lipinski definition) is 0. The van der Waals surface area contributed by atoms with E-state index in [-0.39, 0.29) is 13.3 Å². The molecule has 2 aliphatic rings. The van der Waals surface area contributed by atoms with Crippen LogP contribution in [0.3, 0.4) is 0 Å². The summed E-state index contributed by atoms with van der Waals surface area (Å²) in [5, 5.41) is 2.93. The predicted molar refractivity (Wildman–Crippen MR) is 111 cm³/mol. The Morgan fingerprint density at radius 1 is 0.923 bits per heavy atom. The second-order valence-corrected chi connectivity index (χ2v) is 8.34. The molecule has 4 rings (SSSR count). The van der Waals surface area contributed by atoms with Crippen molar-refractivity contribution in [1.82, 2.24) is 0 Å². The average molecular weight is 364 g/mol. The molecule has 0 saturated carbocycles. The maximum atomic E-state index is 12.2. The lowest BCUT2D eigenvalue weighted by molar-refractivity contribution is -0.111. The Morgan fingerprint density at radius 2 is 1.50 bits per heavy atom. The molecule has 26 heavy (non-hydrogen) atoms. The van der Waals surface area contributed by atoms with Gasteiger partial charge in [-0.25, -0.2) is 0 Å². The normalized spacial score (nSPS) is 23.3. The van der Waals surface area contributed by atoms with Gasteiger partial charge in [-0.2, -0.15) is 0 Å². The van der Waals surface area contributed by atoms with Crippen LogP contribution in [0.15, 0.2) is 78.3 Å². The molecular formula is C21H22BO3P. The lowest BCUT2D eigenvalue weighted by Crippen LogP contribution is -2.37. The molecule has 5 heteroatoms. The highest BCUT2D eigenvalue weighted by atomic mass is 31.2. The first kappa shape index (κ1) is 17.1. The molecule has 1 spiro atoms. The number of hydrogen-bond acceptors (Lipinski definition) is 3. The minimum Gasteiger partial charge on any atom is -0.499 e. The summed E-state index contributed by atoms with van der Waals surface area (Å²) in [5.41, 5.74) is 0.778. The number of methoxy groups -OCH3 is 2. The van der Waals surface area contributed by atoms with E-state index >= 15 is 0 Å². The number of ketones is 1. The van der Waals surface area contributed by atoms with E-state index in [1.165, 1.54) is 16.2 Å². The smallest absolute Gasteiger partial charge is 0.185 e. The summed E-state index contributed by atoms with van der Waals surface area (Å²) in [7, 11) is 1.88. The van der Waals surface area contributed by atoms with Gasteiger partial charge in [-0.3, -0.25) is 4.79 Å². The minimum atomic E-state index is -1.42. The SMILES string of the molecule is [BH3-][P+]1(c2ccccc2)CC2(C(OC)=CC(=O)C=C2OC)c2ccccc21. The van der Waals surface area contributed by atoms with Gasteiger partial charge in [0, 0.05) is 17.7 Å². The summed E-state index contributed by atoms with van der Waals surface area (Å²) >= 11 is 0. The second-order valence-electron chi connectivity index (χ2n) is 6.17. The Hall–Kier alpha value is -2.32. The highest BCUT2D eigenvalue weighted by Gasteiger charge is 2.59. The molecule has 0 bridgehead atoms. The van der Waals surface area contributed by atoms with Gasteiger partial charge in [0.05, 0.1) is 31.0 Å². The second kappa shape index (κ2) is 6.14. The molecule has 3 nitrogen and oxygen atoms in total. The molecular weight excluding hydrogens is 342 g/mol. The van der Waals surface area contributed by atoms with Crippen molar-refractivity contribution in [2.45, 2.75) is 5.41 Å². The number of benzene rings is 2. The molecule has 0 radical (unpaired) electrons. The van der Waals surface area contributed by atoms with Crippen molar-refractivity contribution >= 4 is 31.1 Å². The predicted octanol–water partition coefficient (Wildman–Crippen LogP) is 1.83. The highest BCUT2D eigenvalue weighted by molar-refractivity contribution is 8.08. The van der Waals surface area contributed by atoms with Gasteiger partial charge in [-0.1, -0.05) is 43.5 Å². The molecule has 1 aliphatic carbocycles. The Balaban J connectivity index is 2.02. The Kier molecular flexibility index (Phi) is 4.04. The van der Waals surface area contributed by atoms with Gasteiger partial charge in [0.1, 0.15) is 24.5 Å². The van der Waals surface area contributed by atoms with Crippen molar-refractivity contribution in [2.24, 2.45) is 0 Å². The van der Waals surface area contributed by atoms with Crippen molar-refractivity contribution in [3.63, 3.8) is 0 Å². The molecule has 132 valence electrons. The first-order valence-corrected chi connectivity index (χ1v) is 9.72.